The molecular formula is C14H18BrNO2. The van der Waals surface area contributed by atoms with Gasteiger partial charge in [0.1, 0.15) is 5.75 Å². The van der Waals surface area contributed by atoms with Crippen molar-refractivity contribution in [1.82, 2.24) is 5.32 Å². The number of amides is 1. The SMILES string of the molecule is COc1ccc(CC(=O)NCC(Br)C2CC2)cc1. The number of nitrogens with one attached hydrogen (secondary N) is 1. The topological polar surface area (TPSA) is 38.3 Å². The van der Waals surface area contributed by atoms with Crippen molar-refractivity contribution in [2.45, 2.75) is 24.1 Å². The fraction of sp³-hybridized carbons (Fsp3) is 0.500. The summed E-state index contributed by atoms with van der Waals surface area (Å²) in [5.74, 6) is 1.64. The van der Waals surface area contributed by atoms with Gasteiger partial charge in [-0.2, -0.15) is 0 Å². The molecule has 0 aromatic heterocycles. The van der Waals surface area contributed by atoms with Crippen LogP contribution in [0.3, 0.4) is 0 Å². The number of hydrogen-bond acceptors (Lipinski definition) is 2. The zero-order chi connectivity index (χ0) is 13.0. The molecule has 1 aromatic rings. The Labute approximate surface area is 116 Å². The van der Waals surface area contributed by atoms with E-state index in [2.05, 4.69) is 21.2 Å². The average Bonchev–Trinajstić information content (AvgIpc) is 3.21. The van der Waals surface area contributed by atoms with Crippen LogP contribution in [0.1, 0.15) is 18.4 Å². The van der Waals surface area contributed by atoms with Crippen molar-refractivity contribution in [3.63, 3.8) is 0 Å². The molecule has 1 aliphatic carbocycles. The summed E-state index contributed by atoms with van der Waals surface area (Å²) in [4.78, 5) is 12.2. The zero-order valence-corrected chi connectivity index (χ0v) is 12.1. The average molecular weight is 312 g/mol. The molecule has 1 aromatic carbocycles. The predicted octanol–water partition coefficient (Wildman–Crippen LogP) is 2.53. The molecule has 0 radical (unpaired) electrons. The molecule has 0 bridgehead atoms. The molecule has 98 valence electrons. The summed E-state index contributed by atoms with van der Waals surface area (Å²) in [6.07, 6.45) is 2.99. The van der Waals surface area contributed by atoms with Crippen molar-refractivity contribution in [2.24, 2.45) is 5.92 Å². The number of carbonyl (C=O) groups excluding carboxylic acids is 1. The van der Waals surface area contributed by atoms with Crippen LogP contribution in [0.15, 0.2) is 24.3 Å². The summed E-state index contributed by atoms with van der Waals surface area (Å²) >= 11 is 3.61. The van der Waals surface area contributed by atoms with E-state index in [1.165, 1.54) is 12.8 Å². The highest BCUT2D eigenvalue weighted by Gasteiger charge is 2.29. The maximum Gasteiger partial charge on any atom is 0.224 e. The first-order valence-electron chi connectivity index (χ1n) is 6.22. The molecule has 1 aliphatic rings. The van der Waals surface area contributed by atoms with Crippen LogP contribution >= 0.6 is 15.9 Å². The molecule has 0 saturated heterocycles. The van der Waals surface area contributed by atoms with Crippen molar-refractivity contribution in [1.29, 1.82) is 0 Å². The molecule has 3 nitrogen and oxygen atoms in total. The zero-order valence-electron chi connectivity index (χ0n) is 10.5. The molecule has 0 heterocycles. The Morgan fingerprint density at radius 2 is 2.11 bits per heavy atom. The highest BCUT2D eigenvalue weighted by molar-refractivity contribution is 9.09. The minimum absolute atomic E-state index is 0.0743. The first kappa shape index (κ1) is 13.4. The maximum atomic E-state index is 11.8. The highest BCUT2D eigenvalue weighted by Crippen LogP contribution is 2.36. The van der Waals surface area contributed by atoms with Gasteiger partial charge in [0.2, 0.25) is 5.91 Å². The molecule has 1 unspecified atom stereocenters. The lowest BCUT2D eigenvalue weighted by Gasteiger charge is -2.10. The van der Waals surface area contributed by atoms with Crippen molar-refractivity contribution in [2.75, 3.05) is 13.7 Å². The van der Waals surface area contributed by atoms with E-state index < -0.39 is 0 Å². The van der Waals surface area contributed by atoms with Gasteiger partial charge in [0, 0.05) is 11.4 Å². The van der Waals surface area contributed by atoms with Crippen LogP contribution in [0.4, 0.5) is 0 Å². The summed E-state index contributed by atoms with van der Waals surface area (Å²) in [7, 11) is 1.63. The van der Waals surface area contributed by atoms with E-state index in [9.17, 15) is 4.79 Å². The first-order chi connectivity index (χ1) is 8.69. The van der Waals surface area contributed by atoms with Crippen molar-refractivity contribution >= 4 is 21.8 Å². The molecule has 0 aliphatic heterocycles. The minimum atomic E-state index is 0.0743. The maximum absolute atomic E-state index is 11.8. The number of halogens is 1. The van der Waals surface area contributed by atoms with Crippen LogP contribution in [0.25, 0.3) is 0 Å². The van der Waals surface area contributed by atoms with Crippen molar-refractivity contribution in [3.05, 3.63) is 29.8 Å². The van der Waals surface area contributed by atoms with E-state index in [0.29, 0.717) is 11.2 Å². The molecule has 1 atom stereocenters. The van der Waals surface area contributed by atoms with E-state index in [0.717, 1.165) is 23.8 Å². The Kier molecular flexibility index (Phi) is 4.64. The van der Waals surface area contributed by atoms with Crippen LogP contribution in [-0.4, -0.2) is 24.4 Å². The summed E-state index contributed by atoms with van der Waals surface area (Å²) in [6.45, 7) is 0.722. The smallest absolute Gasteiger partial charge is 0.224 e. The van der Waals surface area contributed by atoms with E-state index >= 15 is 0 Å². The third-order valence-corrected chi connectivity index (χ3v) is 4.22. The lowest BCUT2D eigenvalue weighted by atomic mass is 10.1. The second-order valence-corrected chi connectivity index (χ2v) is 5.86. The lowest BCUT2D eigenvalue weighted by Crippen LogP contribution is -2.31. The molecular weight excluding hydrogens is 294 g/mol. The number of ether oxygens (including phenoxy) is 1. The van der Waals surface area contributed by atoms with Gasteiger partial charge in [-0.05, 0) is 36.5 Å². The monoisotopic (exact) mass is 311 g/mol. The third-order valence-electron chi connectivity index (χ3n) is 3.15. The van der Waals surface area contributed by atoms with Crippen LogP contribution < -0.4 is 10.1 Å². The molecule has 4 heteroatoms. The molecule has 1 N–H and O–H groups in total. The van der Waals surface area contributed by atoms with Gasteiger partial charge in [0.25, 0.3) is 0 Å². The van der Waals surface area contributed by atoms with Crippen molar-refractivity contribution < 1.29 is 9.53 Å². The van der Waals surface area contributed by atoms with Crippen molar-refractivity contribution in [3.8, 4) is 5.75 Å². The predicted molar refractivity (Wildman–Crippen MR) is 75.1 cm³/mol. The van der Waals surface area contributed by atoms with E-state index in [1.807, 2.05) is 24.3 Å². The second kappa shape index (κ2) is 6.23. The minimum Gasteiger partial charge on any atom is -0.497 e. The number of benzene rings is 1. The normalized spacial score (nSPS) is 16.1. The van der Waals surface area contributed by atoms with E-state index in [-0.39, 0.29) is 5.91 Å². The fourth-order valence-corrected chi connectivity index (χ4v) is 2.52. The number of hydrogen-bond donors (Lipinski definition) is 1. The lowest BCUT2D eigenvalue weighted by molar-refractivity contribution is -0.120. The van der Waals surface area contributed by atoms with Crippen LogP contribution in [0.2, 0.25) is 0 Å². The number of rotatable bonds is 6. The number of alkyl halides is 1. The summed E-state index contributed by atoms with van der Waals surface area (Å²) in [6, 6.07) is 7.59. The molecule has 2 rings (SSSR count). The van der Waals surface area contributed by atoms with Gasteiger partial charge in [0.15, 0.2) is 0 Å². The second-order valence-electron chi connectivity index (χ2n) is 4.68. The van der Waals surface area contributed by atoms with Gasteiger partial charge in [-0.3, -0.25) is 4.79 Å². The fourth-order valence-electron chi connectivity index (χ4n) is 1.83. The molecule has 1 saturated carbocycles. The Hall–Kier alpha value is -1.03. The third kappa shape index (κ3) is 4.02. The van der Waals surface area contributed by atoms with Crippen LogP contribution in [-0.2, 0) is 11.2 Å². The highest BCUT2D eigenvalue weighted by atomic mass is 79.9. The standard InChI is InChI=1S/C14H18BrNO2/c1-18-12-6-2-10(3-7-12)8-14(17)16-9-13(15)11-4-5-11/h2-3,6-7,11,13H,4-5,8-9H2,1H3,(H,16,17). The number of methoxy groups -OCH3 is 1. The summed E-state index contributed by atoms with van der Waals surface area (Å²) in [5.41, 5.74) is 1.01. The quantitative estimate of drug-likeness (QED) is 0.820. The summed E-state index contributed by atoms with van der Waals surface area (Å²) in [5, 5.41) is 2.96. The van der Waals surface area contributed by atoms with Gasteiger partial charge < -0.3 is 10.1 Å². The van der Waals surface area contributed by atoms with Gasteiger partial charge in [0.05, 0.1) is 13.5 Å². The molecule has 1 fully saturated rings. The van der Waals surface area contributed by atoms with Gasteiger partial charge in [-0.25, -0.2) is 0 Å². The molecule has 0 spiro atoms. The Bertz CT molecular complexity index is 401. The Morgan fingerprint density at radius 3 is 2.67 bits per heavy atom. The Morgan fingerprint density at radius 1 is 1.44 bits per heavy atom. The van der Waals surface area contributed by atoms with Crippen LogP contribution in [0.5, 0.6) is 5.75 Å². The molecule has 18 heavy (non-hydrogen) atoms. The van der Waals surface area contributed by atoms with Gasteiger partial charge >= 0.3 is 0 Å². The van der Waals surface area contributed by atoms with E-state index in [1.54, 1.807) is 7.11 Å². The van der Waals surface area contributed by atoms with Crippen LogP contribution in [0, 0.1) is 5.92 Å². The Balaban J connectivity index is 1.75. The van der Waals surface area contributed by atoms with Gasteiger partial charge in [-0.15, -0.1) is 0 Å². The number of carbonyl (C=O) groups is 1. The van der Waals surface area contributed by atoms with E-state index in [4.69, 9.17) is 4.74 Å². The summed E-state index contributed by atoms with van der Waals surface area (Å²) < 4.78 is 5.08. The largest absolute Gasteiger partial charge is 0.497 e. The van der Waals surface area contributed by atoms with Gasteiger partial charge in [-0.1, -0.05) is 28.1 Å². The molecule has 1 amide bonds. The first-order valence-corrected chi connectivity index (χ1v) is 7.14.